The fraction of sp³-hybridized carbons (Fsp3) is 0.0909. The molecule has 4 N–H and O–H groups in total. The highest BCUT2D eigenvalue weighted by atomic mass is 79.9. The van der Waals surface area contributed by atoms with E-state index >= 15 is 0 Å². The molecule has 0 aliphatic heterocycles. The first-order valence-corrected chi connectivity index (χ1v) is 7.07. The number of benzene rings is 1. The van der Waals surface area contributed by atoms with E-state index in [0.717, 1.165) is 0 Å². The number of halogens is 2. The van der Waals surface area contributed by atoms with Crippen LogP contribution in [0, 0.1) is 0 Å². The Morgan fingerprint density at radius 3 is 2.67 bits per heavy atom. The van der Waals surface area contributed by atoms with Crippen LogP contribution in [0.25, 0.3) is 0 Å². The van der Waals surface area contributed by atoms with Gasteiger partial charge in [-0.2, -0.15) is 4.98 Å². The summed E-state index contributed by atoms with van der Waals surface area (Å²) in [5, 5.41) is 8.49. The summed E-state index contributed by atoms with van der Waals surface area (Å²) in [5.41, 5.74) is 5.77. The van der Waals surface area contributed by atoms with Gasteiger partial charge in [-0.15, -0.1) is 5.10 Å². The highest BCUT2D eigenvalue weighted by molar-refractivity contribution is 9.11. The van der Waals surface area contributed by atoms with Gasteiger partial charge in [0.25, 0.3) is 5.91 Å². The molecule has 2 rings (SSSR count). The molecule has 0 aliphatic carbocycles. The SMILES string of the molecule is COC(=O)c1cc(Br)cc(Br)c1NC(=O)c1nc(N)n[nH]1. The summed E-state index contributed by atoms with van der Waals surface area (Å²) < 4.78 is 5.84. The average molecular weight is 419 g/mol. The van der Waals surface area contributed by atoms with Crippen LogP contribution in [0.4, 0.5) is 11.6 Å². The van der Waals surface area contributed by atoms with Gasteiger partial charge in [0.1, 0.15) is 0 Å². The van der Waals surface area contributed by atoms with Crippen molar-refractivity contribution in [2.45, 2.75) is 0 Å². The number of esters is 1. The van der Waals surface area contributed by atoms with Crippen molar-refractivity contribution in [1.82, 2.24) is 15.2 Å². The molecule has 2 aromatic rings. The van der Waals surface area contributed by atoms with E-state index in [1.165, 1.54) is 13.2 Å². The molecule has 1 aromatic carbocycles. The molecule has 0 unspecified atom stereocenters. The number of amides is 1. The Morgan fingerprint density at radius 1 is 1.38 bits per heavy atom. The van der Waals surface area contributed by atoms with Crippen molar-refractivity contribution >= 4 is 55.4 Å². The van der Waals surface area contributed by atoms with Crippen LogP contribution in [0.15, 0.2) is 21.1 Å². The van der Waals surface area contributed by atoms with Gasteiger partial charge in [0.15, 0.2) is 0 Å². The molecule has 1 heterocycles. The predicted octanol–water partition coefficient (Wildman–Crippen LogP) is 1.95. The topological polar surface area (TPSA) is 123 Å². The molecule has 0 radical (unpaired) electrons. The minimum atomic E-state index is -0.593. The molecule has 1 amide bonds. The number of nitrogens with two attached hydrogens (primary N) is 1. The van der Waals surface area contributed by atoms with Crippen molar-refractivity contribution in [2.24, 2.45) is 0 Å². The normalized spacial score (nSPS) is 10.2. The standard InChI is InChI=1S/C11H9Br2N5O3/c1-21-10(20)5-2-4(12)3-6(13)7(5)15-9(19)8-16-11(14)18-17-8/h2-3H,1H3,(H,15,19)(H3,14,16,17,18). The highest BCUT2D eigenvalue weighted by Crippen LogP contribution is 2.31. The van der Waals surface area contributed by atoms with Gasteiger partial charge in [0.05, 0.1) is 18.4 Å². The summed E-state index contributed by atoms with van der Waals surface area (Å²) in [6, 6.07) is 3.21. The second-order valence-corrected chi connectivity index (χ2v) is 5.57. The van der Waals surface area contributed by atoms with Gasteiger partial charge >= 0.3 is 5.97 Å². The monoisotopic (exact) mass is 417 g/mol. The fourth-order valence-corrected chi connectivity index (χ4v) is 2.85. The molecular formula is C11H9Br2N5O3. The zero-order chi connectivity index (χ0) is 15.6. The minimum Gasteiger partial charge on any atom is -0.465 e. The number of rotatable bonds is 3. The van der Waals surface area contributed by atoms with Gasteiger partial charge in [-0.05, 0) is 28.1 Å². The number of carbonyl (C=O) groups is 2. The third-order valence-electron chi connectivity index (χ3n) is 2.42. The van der Waals surface area contributed by atoms with E-state index in [4.69, 9.17) is 10.5 Å². The van der Waals surface area contributed by atoms with Crippen LogP contribution in [0.3, 0.4) is 0 Å². The van der Waals surface area contributed by atoms with Gasteiger partial charge < -0.3 is 15.8 Å². The number of H-pyrrole nitrogens is 1. The second-order valence-electron chi connectivity index (χ2n) is 3.80. The molecule has 0 atom stereocenters. The van der Waals surface area contributed by atoms with Crippen molar-refractivity contribution in [2.75, 3.05) is 18.2 Å². The van der Waals surface area contributed by atoms with E-state index < -0.39 is 11.9 Å². The molecule has 0 saturated heterocycles. The molecule has 110 valence electrons. The quantitative estimate of drug-likeness (QED) is 0.654. The zero-order valence-electron chi connectivity index (χ0n) is 10.6. The van der Waals surface area contributed by atoms with Crippen molar-refractivity contribution in [1.29, 1.82) is 0 Å². The first kappa shape index (κ1) is 15.4. The van der Waals surface area contributed by atoms with Gasteiger partial charge in [-0.3, -0.25) is 9.89 Å². The second kappa shape index (κ2) is 6.22. The fourth-order valence-electron chi connectivity index (χ4n) is 1.52. The van der Waals surface area contributed by atoms with E-state index in [-0.39, 0.29) is 23.0 Å². The van der Waals surface area contributed by atoms with E-state index in [9.17, 15) is 9.59 Å². The van der Waals surface area contributed by atoms with Gasteiger partial charge in [-0.1, -0.05) is 15.9 Å². The van der Waals surface area contributed by atoms with Crippen LogP contribution in [0.1, 0.15) is 21.0 Å². The minimum absolute atomic E-state index is 0.0526. The summed E-state index contributed by atoms with van der Waals surface area (Å²) in [4.78, 5) is 27.5. The Morgan fingerprint density at radius 2 is 2.10 bits per heavy atom. The lowest BCUT2D eigenvalue weighted by molar-refractivity contribution is 0.0602. The van der Waals surface area contributed by atoms with Crippen LogP contribution < -0.4 is 11.1 Å². The van der Waals surface area contributed by atoms with Crippen LogP contribution in [0.5, 0.6) is 0 Å². The molecule has 10 heteroatoms. The number of nitrogens with zero attached hydrogens (tertiary/aromatic N) is 2. The number of anilines is 2. The van der Waals surface area contributed by atoms with Crippen LogP contribution in [-0.2, 0) is 4.74 Å². The maximum Gasteiger partial charge on any atom is 0.340 e. The van der Waals surface area contributed by atoms with Crippen LogP contribution in [0.2, 0.25) is 0 Å². The van der Waals surface area contributed by atoms with Crippen molar-refractivity contribution in [3.8, 4) is 0 Å². The van der Waals surface area contributed by atoms with E-state index in [1.54, 1.807) is 6.07 Å². The van der Waals surface area contributed by atoms with Crippen LogP contribution >= 0.6 is 31.9 Å². The summed E-state index contributed by atoms with van der Waals surface area (Å²) in [6.07, 6.45) is 0. The molecule has 1 aromatic heterocycles. The lowest BCUT2D eigenvalue weighted by Crippen LogP contribution is -2.17. The number of nitrogen functional groups attached to an aromatic ring is 1. The molecule has 0 aliphatic rings. The number of nitrogens with one attached hydrogen (secondary N) is 2. The third-order valence-corrected chi connectivity index (χ3v) is 3.50. The molecule has 0 fully saturated rings. The van der Waals surface area contributed by atoms with E-state index in [2.05, 4.69) is 52.4 Å². The smallest absolute Gasteiger partial charge is 0.340 e. The van der Waals surface area contributed by atoms with Gasteiger partial charge in [-0.25, -0.2) is 4.79 Å². The van der Waals surface area contributed by atoms with E-state index in [0.29, 0.717) is 8.95 Å². The summed E-state index contributed by atoms with van der Waals surface area (Å²) in [7, 11) is 1.25. The molecular weight excluding hydrogens is 410 g/mol. The van der Waals surface area contributed by atoms with Crippen LogP contribution in [-0.4, -0.2) is 34.2 Å². The third kappa shape index (κ3) is 3.39. The molecule has 8 nitrogen and oxygen atoms in total. The number of aromatic amines is 1. The Kier molecular flexibility index (Phi) is 4.58. The molecule has 0 spiro atoms. The van der Waals surface area contributed by atoms with Crippen molar-refractivity contribution < 1.29 is 14.3 Å². The Hall–Kier alpha value is -1.94. The van der Waals surface area contributed by atoms with Crippen molar-refractivity contribution in [3.63, 3.8) is 0 Å². The number of aromatic nitrogens is 3. The predicted molar refractivity (Wildman–Crippen MR) is 81.9 cm³/mol. The average Bonchev–Trinajstić information content (AvgIpc) is 2.87. The highest BCUT2D eigenvalue weighted by Gasteiger charge is 2.20. The maximum absolute atomic E-state index is 12.0. The largest absolute Gasteiger partial charge is 0.465 e. The Labute approximate surface area is 135 Å². The number of hydrogen-bond acceptors (Lipinski definition) is 6. The first-order valence-electron chi connectivity index (χ1n) is 5.49. The maximum atomic E-state index is 12.0. The first-order chi connectivity index (χ1) is 9.92. The van der Waals surface area contributed by atoms with Gasteiger partial charge in [0, 0.05) is 8.95 Å². The number of carbonyl (C=O) groups excluding carboxylic acids is 2. The molecule has 0 bridgehead atoms. The molecule has 0 saturated carbocycles. The van der Waals surface area contributed by atoms with E-state index in [1.807, 2.05) is 0 Å². The summed E-state index contributed by atoms with van der Waals surface area (Å²) in [6.45, 7) is 0. The molecule has 21 heavy (non-hydrogen) atoms. The summed E-state index contributed by atoms with van der Waals surface area (Å²) >= 11 is 6.54. The lowest BCUT2D eigenvalue weighted by atomic mass is 10.2. The van der Waals surface area contributed by atoms with Gasteiger partial charge in [0.2, 0.25) is 11.8 Å². The number of hydrogen-bond donors (Lipinski definition) is 3. The Bertz CT molecular complexity index is 716. The van der Waals surface area contributed by atoms with Crippen molar-refractivity contribution in [3.05, 3.63) is 32.5 Å². The number of ether oxygens (including phenoxy) is 1. The zero-order valence-corrected chi connectivity index (χ0v) is 13.8. The summed E-state index contributed by atoms with van der Waals surface area (Å²) in [5.74, 6) is -1.31. The lowest BCUT2D eigenvalue weighted by Gasteiger charge is -2.11. The Balaban J connectivity index is 2.39. The number of methoxy groups -OCH3 is 1.